The zero-order valence-corrected chi connectivity index (χ0v) is 18.9. The van der Waals surface area contributed by atoms with E-state index >= 15 is 0 Å². The van der Waals surface area contributed by atoms with Crippen molar-refractivity contribution < 1.29 is 14.0 Å². The number of amides is 2. The van der Waals surface area contributed by atoms with Gasteiger partial charge in [-0.05, 0) is 39.5 Å². The molecule has 3 aliphatic rings. The maximum atomic E-state index is 13.8. The molecule has 0 spiro atoms. The second-order valence-electron chi connectivity index (χ2n) is 10.1. The van der Waals surface area contributed by atoms with Crippen LogP contribution in [0.25, 0.3) is 11.1 Å². The lowest BCUT2D eigenvalue weighted by molar-refractivity contribution is -0.135. The Balaban J connectivity index is 1.50. The predicted octanol–water partition coefficient (Wildman–Crippen LogP) is 4.93. The summed E-state index contributed by atoms with van der Waals surface area (Å²) < 4.78 is 7.82. The van der Waals surface area contributed by atoms with Crippen LogP contribution in [0.15, 0.2) is 16.5 Å². The Bertz CT molecular complexity index is 976. The van der Waals surface area contributed by atoms with E-state index in [1.807, 2.05) is 35.4 Å². The van der Waals surface area contributed by atoms with Gasteiger partial charge < -0.3 is 19.2 Å². The van der Waals surface area contributed by atoms with E-state index in [4.69, 9.17) is 4.42 Å². The predicted molar refractivity (Wildman–Crippen MR) is 120 cm³/mol. The van der Waals surface area contributed by atoms with Crippen LogP contribution in [-0.4, -0.2) is 38.9 Å². The molecule has 0 aromatic carbocycles. The first kappa shape index (κ1) is 20.7. The second-order valence-corrected chi connectivity index (χ2v) is 10.1. The molecule has 3 heterocycles. The Hall–Kier alpha value is -2.24. The molecule has 0 radical (unpaired) electrons. The lowest BCUT2D eigenvalue weighted by Gasteiger charge is -2.47. The average Bonchev–Trinajstić information content (AvgIpc) is 3.41. The molecule has 0 saturated heterocycles. The number of aryl methyl sites for hydroxylation is 1. The maximum absolute atomic E-state index is 13.8. The molecule has 2 fully saturated rings. The Morgan fingerprint density at radius 1 is 1.03 bits per heavy atom. The summed E-state index contributed by atoms with van der Waals surface area (Å²) in [7, 11) is 0. The first-order valence-electron chi connectivity index (χ1n) is 12.2. The van der Waals surface area contributed by atoms with E-state index < -0.39 is 5.54 Å². The summed E-state index contributed by atoms with van der Waals surface area (Å²) in [5.41, 5.74) is 1.41. The minimum Gasteiger partial charge on any atom is -0.460 e. The summed E-state index contributed by atoms with van der Waals surface area (Å²) in [6.07, 6.45) is 12.4. The summed E-state index contributed by atoms with van der Waals surface area (Å²) in [5.74, 6) is 0.801. The standard InChI is InChI=1S/C25H35N3O3/c1-17-14-20-22(31-17)15-21-23(29)28(19-12-8-9-13-19)25(2,16-27(20)21)24(30)26-18-10-6-4-3-5-7-11-18/h14-15,18-19H,3-13,16H2,1-2H3,(H,26,30)/t25-/m1/s1. The van der Waals surface area contributed by atoms with Gasteiger partial charge in [0.05, 0.1) is 12.1 Å². The van der Waals surface area contributed by atoms with Crippen LogP contribution in [0.2, 0.25) is 0 Å². The topological polar surface area (TPSA) is 67.5 Å². The number of rotatable bonds is 3. The first-order valence-corrected chi connectivity index (χ1v) is 12.2. The van der Waals surface area contributed by atoms with E-state index in [1.165, 1.54) is 32.1 Å². The van der Waals surface area contributed by atoms with Gasteiger partial charge in [-0.15, -0.1) is 0 Å². The molecule has 2 aromatic heterocycles. The number of carbonyl (C=O) groups is 2. The number of nitrogens with one attached hydrogen (secondary N) is 1. The average molecular weight is 426 g/mol. The lowest BCUT2D eigenvalue weighted by Crippen LogP contribution is -2.67. The lowest BCUT2D eigenvalue weighted by atomic mass is 9.90. The first-order chi connectivity index (χ1) is 15.0. The van der Waals surface area contributed by atoms with Crippen molar-refractivity contribution in [3.63, 3.8) is 0 Å². The monoisotopic (exact) mass is 425 g/mol. The van der Waals surface area contributed by atoms with E-state index in [9.17, 15) is 9.59 Å². The molecule has 2 saturated carbocycles. The highest BCUT2D eigenvalue weighted by Crippen LogP contribution is 2.38. The van der Waals surface area contributed by atoms with Gasteiger partial charge in [0, 0.05) is 24.2 Å². The van der Waals surface area contributed by atoms with Crippen LogP contribution in [0.4, 0.5) is 0 Å². The van der Waals surface area contributed by atoms with Crippen molar-refractivity contribution in [3.8, 4) is 0 Å². The summed E-state index contributed by atoms with van der Waals surface area (Å²) in [5, 5.41) is 3.38. The number of furan rings is 1. The molecule has 2 aliphatic carbocycles. The minimum absolute atomic E-state index is 0.00559. The van der Waals surface area contributed by atoms with Crippen LogP contribution in [0.3, 0.4) is 0 Å². The van der Waals surface area contributed by atoms with E-state index in [-0.39, 0.29) is 23.9 Å². The highest BCUT2D eigenvalue weighted by atomic mass is 16.3. The maximum Gasteiger partial charge on any atom is 0.271 e. The van der Waals surface area contributed by atoms with E-state index in [0.29, 0.717) is 12.2 Å². The highest BCUT2D eigenvalue weighted by molar-refractivity contribution is 6.03. The Morgan fingerprint density at radius 2 is 1.68 bits per heavy atom. The van der Waals surface area contributed by atoms with E-state index in [2.05, 4.69) is 5.32 Å². The van der Waals surface area contributed by atoms with Crippen LogP contribution < -0.4 is 5.32 Å². The molecule has 0 unspecified atom stereocenters. The number of hydrogen-bond donors (Lipinski definition) is 1. The van der Waals surface area contributed by atoms with Gasteiger partial charge in [0.1, 0.15) is 17.0 Å². The van der Waals surface area contributed by atoms with Gasteiger partial charge in [0.25, 0.3) is 5.91 Å². The molecule has 1 N–H and O–H groups in total. The number of carbonyl (C=O) groups excluding carboxylic acids is 2. The molecule has 2 amide bonds. The summed E-state index contributed by atoms with van der Waals surface area (Å²) >= 11 is 0. The minimum atomic E-state index is -0.890. The van der Waals surface area contributed by atoms with Crippen molar-refractivity contribution in [2.45, 2.75) is 109 Å². The molecule has 6 nitrogen and oxygen atoms in total. The van der Waals surface area contributed by atoms with Crippen LogP contribution in [-0.2, 0) is 11.3 Å². The van der Waals surface area contributed by atoms with Crippen LogP contribution in [0.5, 0.6) is 0 Å². The number of hydrogen-bond acceptors (Lipinski definition) is 3. The van der Waals surface area contributed by atoms with Crippen LogP contribution >= 0.6 is 0 Å². The van der Waals surface area contributed by atoms with Crippen molar-refractivity contribution >= 4 is 22.9 Å². The number of aromatic nitrogens is 1. The van der Waals surface area contributed by atoms with E-state index in [0.717, 1.165) is 55.4 Å². The third-order valence-electron chi connectivity index (χ3n) is 7.77. The Kier molecular flexibility index (Phi) is 5.35. The molecule has 6 heteroatoms. The van der Waals surface area contributed by atoms with Gasteiger partial charge in [-0.3, -0.25) is 9.59 Å². The number of fused-ring (bicyclic) bond motifs is 3. The molecule has 2 aromatic rings. The quantitative estimate of drug-likeness (QED) is 0.758. The molecule has 31 heavy (non-hydrogen) atoms. The smallest absolute Gasteiger partial charge is 0.271 e. The molecular formula is C25H35N3O3. The van der Waals surface area contributed by atoms with Gasteiger partial charge in [-0.1, -0.05) is 44.9 Å². The van der Waals surface area contributed by atoms with Gasteiger partial charge >= 0.3 is 0 Å². The zero-order chi connectivity index (χ0) is 21.6. The fraction of sp³-hybridized carbons (Fsp3) is 0.680. The summed E-state index contributed by atoms with van der Waals surface area (Å²) in [6, 6.07) is 4.19. The summed E-state index contributed by atoms with van der Waals surface area (Å²) in [6.45, 7) is 4.37. The normalized spacial score (nSPS) is 26.1. The number of nitrogens with zero attached hydrogens (tertiary/aromatic N) is 2. The molecule has 0 bridgehead atoms. The van der Waals surface area contributed by atoms with Gasteiger partial charge in [0.2, 0.25) is 5.91 Å². The largest absolute Gasteiger partial charge is 0.460 e. The molecule has 168 valence electrons. The molecule has 5 rings (SSSR count). The van der Waals surface area contributed by atoms with E-state index in [1.54, 1.807) is 0 Å². The van der Waals surface area contributed by atoms with Crippen molar-refractivity contribution in [1.29, 1.82) is 0 Å². The Morgan fingerprint density at radius 3 is 2.39 bits per heavy atom. The van der Waals surface area contributed by atoms with Crippen molar-refractivity contribution in [2.75, 3.05) is 0 Å². The SMILES string of the molecule is Cc1cc2c(cc3n2C[C@](C)(C(=O)NC2CCCCCCC2)N(C2CCCC2)C3=O)o1. The van der Waals surface area contributed by atoms with Crippen LogP contribution in [0.1, 0.15) is 93.8 Å². The summed E-state index contributed by atoms with van der Waals surface area (Å²) in [4.78, 5) is 29.5. The van der Waals surface area contributed by atoms with Crippen molar-refractivity contribution in [3.05, 3.63) is 23.6 Å². The van der Waals surface area contributed by atoms with Crippen LogP contribution in [0, 0.1) is 6.92 Å². The van der Waals surface area contributed by atoms with Crippen molar-refractivity contribution in [2.24, 2.45) is 0 Å². The van der Waals surface area contributed by atoms with Crippen molar-refractivity contribution in [1.82, 2.24) is 14.8 Å². The third-order valence-corrected chi connectivity index (χ3v) is 7.77. The fourth-order valence-electron chi connectivity index (χ4n) is 6.10. The van der Waals surface area contributed by atoms with Gasteiger partial charge in [-0.2, -0.15) is 0 Å². The molecular weight excluding hydrogens is 390 g/mol. The highest BCUT2D eigenvalue weighted by Gasteiger charge is 2.51. The van der Waals surface area contributed by atoms with Gasteiger partial charge in [-0.25, -0.2) is 0 Å². The fourth-order valence-corrected chi connectivity index (χ4v) is 6.10. The van der Waals surface area contributed by atoms with Gasteiger partial charge in [0.15, 0.2) is 5.58 Å². The third kappa shape index (κ3) is 3.58. The Labute approximate surface area is 184 Å². The molecule has 1 atom stereocenters. The molecule has 1 aliphatic heterocycles. The second kappa shape index (κ2) is 8.03. The zero-order valence-electron chi connectivity index (χ0n) is 18.9.